The summed E-state index contributed by atoms with van der Waals surface area (Å²) in [7, 11) is 0. The molecule has 5 heteroatoms. The predicted molar refractivity (Wildman–Crippen MR) is 79.7 cm³/mol. The van der Waals surface area contributed by atoms with Crippen LogP contribution in [0.15, 0.2) is 41.1 Å². The monoisotopic (exact) mass is 288 g/mol. The van der Waals surface area contributed by atoms with Gasteiger partial charge in [-0.25, -0.2) is 0 Å². The number of hydrogen-bond donors (Lipinski definition) is 2. The molecule has 1 atom stereocenters. The van der Waals surface area contributed by atoms with Gasteiger partial charge in [0.25, 0.3) is 5.91 Å². The van der Waals surface area contributed by atoms with E-state index in [1.54, 1.807) is 0 Å². The Bertz CT molecular complexity index is 578. The van der Waals surface area contributed by atoms with Gasteiger partial charge in [-0.15, -0.1) is 0 Å². The molecule has 1 amide bonds. The molecule has 2 rings (SSSR count). The molecule has 112 valence electrons. The smallest absolute Gasteiger partial charge is 0.257 e. The van der Waals surface area contributed by atoms with E-state index in [0.717, 1.165) is 5.56 Å². The molecule has 0 bridgehead atoms. The first-order valence-electron chi connectivity index (χ1n) is 7.03. The van der Waals surface area contributed by atoms with Gasteiger partial charge in [0.05, 0.1) is 18.8 Å². The Balaban J connectivity index is 2.15. The Morgan fingerprint density at radius 2 is 2.05 bits per heavy atom. The largest absolute Gasteiger partial charge is 0.394 e. The normalized spacial score (nSPS) is 12.4. The maximum Gasteiger partial charge on any atom is 0.257 e. The molecule has 0 radical (unpaired) electrons. The second kappa shape index (κ2) is 7.04. The fraction of sp³-hybridized carbons (Fsp3) is 0.375. The molecule has 0 spiro atoms. The SMILES string of the molecule is CC(C)CC(CO)NC(=O)c1cnoc1-c1ccccc1. The van der Waals surface area contributed by atoms with Gasteiger partial charge >= 0.3 is 0 Å². The van der Waals surface area contributed by atoms with E-state index in [0.29, 0.717) is 23.7 Å². The van der Waals surface area contributed by atoms with Crippen LogP contribution in [-0.4, -0.2) is 28.8 Å². The van der Waals surface area contributed by atoms with E-state index in [2.05, 4.69) is 10.5 Å². The highest BCUT2D eigenvalue weighted by Crippen LogP contribution is 2.23. The van der Waals surface area contributed by atoms with Gasteiger partial charge in [-0.05, 0) is 12.3 Å². The average Bonchev–Trinajstić information content (AvgIpc) is 2.96. The fourth-order valence-electron chi connectivity index (χ4n) is 2.21. The number of nitrogens with one attached hydrogen (secondary N) is 1. The Hall–Kier alpha value is -2.14. The molecule has 1 heterocycles. The van der Waals surface area contributed by atoms with Crippen LogP contribution in [0.3, 0.4) is 0 Å². The molecule has 0 saturated heterocycles. The number of benzene rings is 1. The van der Waals surface area contributed by atoms with Crippen molar-refractivity contribution in [3.63, 3.8) is 0 Å². The van der Waals surface area contributed by atoms with Crippen LogP contribution in [0.25, 0.3) is 11.3 Å². The molecule has 1 unspecified atom stereocenters. The Labute approximate surface area is 124 Å². The summed E-state index contributed by atoms with van der Waals surface area (Å²) in [6.07, 6.45) is 2.12. The molecule has 0 saturated carbocycles. The summed E-state index contributed by atoms with van der Waals surface area (Å²) in [5.74, 6) is 0.544. The van der Waals surface area contributed by atoms with Crippen LogP contribution in [0, 0.1) is 5.92 Å². The van der Waals surface area contributed by atoms with Crippen molar-refractivity contribution in [2.24, 2.45) is 5.92 Å². The lowest BCUT2D eigenvalue weighted by Gasteiger charge is -2.17. The maximum absolute atomic E-state index is 12.3. The minimum atomic E-state index is -0.283. The highest BCUT2D eigenvalue weighted by atomic mass is 16.5. The molecule has 0 aliphatic heterocycles. The van der Waals surface area contributed by atoms with Gasteiger partial charge in [0.1, 0.15) is 5.56 Å². The predicted octanol–water partition coefficient (Wildman–Crippen LogP) is 2.48. The van der Waals surface area contributed by atoms with Crippen molar-refractivity contribution in [2.45, 2.75) is 26.3 Å². The summed E-state index contributed by atoms with van der Waals surface area (Å²) in [5.41, 5.74) is 1.17. The molecule has 2 aromatic rings. The first-order valence-corrected chi connectivity index (χ1v) is 7.03. The molecule has 5 nitrogen and oxygen atoms in total. The summed E-state index contributed by atoms with van der Waals surface area (Å²) in [6, 6.07) is 9.08. The molecular weight excluding hydrogens is 268 g/mol. The molecule has 0 aliphatic carbocycles. The van der Waals surface area contributed by atoms with Crippen molar-refractivity contribution >= 4 is 5.91 Å². The van der Waals surface area contributed by atoms with E-state index < -0.39 is 0 Å². The Morgan fingerprint density at radius 1 is 1.33 bits per heavy atom. The van der Waals surface area contributed by atoms with Crippen LogP contribution in [-0.2, 0) is 0 Å². The van der Waals surface area contributed by atoms with Crippen molar-refractivity contribution in [3.05, 3.63) is 42.1 Å². The minimum Gasteiger partial charge on any atom is -0.394 e. The zero-order chi connectivity index (χ0) is 15.2. The van der Waals surface area contributed by atoms with Gasteiger partial charge < -0.3 is 14.9 Å². The number of nitrogens with zero attached hydrogens (tertiary/aromatic N) is 1. The summed E-state index contributed by atoms with van der Waals surface area (Å²) in [5, 5.41) is 15.9. The molecule has 0 aliphatic rings. The van der Waals surface area contributed by atoms with E-state index in [1.165, 1.54) is 6.20 Å². The lowest BCUT2D eigenvalue weighted by Crippen LogP contribution is -2.38. The number of aliphatic hydroxyl groups is 1. The molecular formula is C16H20N2O3. The summed E-state index contributed by atoms with van der Waals surface area (Å²) < 4.78 is 5.19. The molecule has 1 aromatic carbocycles. The van der Waals surface area contributed by atoms with Crippen LogP contribution in [0.5, 0.6) is 0 Å². The average molecular weight is 288 g/mol. The number of hydrogen-bond acceptors (Lipinski definition) is 4. The number of aromatic nitrogens is 1. The van der Waals surface area contributed by atoms with Crippen molar-refractivity contribution in [1.82, 2.24) is 10.5 Å². The summed E-state index contributed by atoms with van der Waals surface area (Å²) >= 11 is 0. The second-order valence-corrected chi connectivity index (χ2v) is 5.42. The number of amides is 1. The van der Waals surface area contributed by atoms with Crippen molar-refractivity contribution in [1.29, 1.82) is 0 Å². The third kappa shape index (κ3) is 3.92. The van der Waals surface area contributed by atoms with Gasteiger partial charge in [-0.3, -0.25) is 4.79 Å². The second-order valence-electron chi connectivity index (χ2n) is 5.42. The Morgan fingerprint density at radius 3 is 2.67 bits per heavy atom. The van der Waals surface area contributed by atoms with Gasteiger partial charge in [0, 0.05) is 5.56 Å². The van der Waals surface area contributed by atoms with E-state index in [9.17, 15) is 9.90 Å². The highest BCUT2D eigenvalue weighted by Gasteiger charge is 2.20. The third-order valence-corrected chi connectivity index (χ3v) is 3.16. The number of carbonyl (C=O) groups excluding carboxylic acids is 1. The van der Waals surface area contributed by atoms with E-state index in [1.807, 2.05) is 44.2 Å². The van der Waals surface area contributed by atoms with Crippen LogP contribution in [0.2, 0.25) is 0 Å². The zero-order valence-corrected chi connectivity index (χ0v) is 12.2. The fourth-order valence-corrected chi connectivity index (χ4v) is 2.21. The van der Waals surface area contributed by atoms with Crippen LogP contribution in [0.1, 0.15) is 30.6 Å². The number of carbonyl (C=O) groups is 1. The standard InChI is InChI=1S/C16H20N2O3/c1-11(2)8-13(10-19)18-16(20)14-9-17-21-15(14)12-6-4-3-5-7-12/h3-7,9,11,13,19H,8,10H2,1-2H3,(H,18,20). The zero-order valence-electron chi connectivity index (χ0n) is 12.2. The molecule has 21 heavy (non-hydrogen) atoms. The van der Waals surface area contributed by atoms with Crippen LogP contribution in [0.4, 0.5) is 0 Å². The Kier molecular flexibility index (Phi) is 5.11. The highest BCUT2D eigenvalue weighted by molar-refractivity contribution is 5.99. The topological polar surface area (TPSA) is 75.4 Å². The summed E-state index contributed by atoms with van der Waals surface area (Å²) in [4.78, 5) is 12.3. The van der Waals surface area contributed by atoms with Crippen molar-refractivity contribution < 1.29 is 14.4 Å². The van der Waals surface area contributed by atoms with E-state index >= 15 is 0 Å². The minimum absolute atomic E-state index is 0.0874. The molecule has 0 fully saturated rings. The lowest BCUT2D eigenvalue weighted by molar-refractivity contribution is 0.0908. The van der Waals surface area contributed by atoms with Gasteiger partial charge in [0.2, 0.25) is 0 Å². The van der Waals surface area contributed by atoms with E-state index in [4.69, 9.17) is 4.52 Å². The molecule has 1 aromatic heterocycles. The first kappa shape index (κ1) is 15.3. The van der Waals surface area contributed by atoms with Crippen molar-refractivity contribution in [3.8, 4) is 11.3 Å². The number of rotatable bonds is 6. The van der Waals surface area contributed by atoms with Crippen LogP contribution >= 0.6 is 0 Å². The van der Waals surface area contributed by atoms with Crippen molar-refractivity contribution in [2.75, 3.05) is 6.61 Å². The summed E-state index contributed by atoms with van der Waals surface area (Å²) in [6.45, 7) is 4.00. The maximum atomic E-state index is 12.3. The van der Waals surface area contributed by atoms with Crippen LogP contribution < -0.4 is 5.32 Å². The number of aliphatic hydroxyl groups excluding tert-OH is 1. The lowest BCUT2D eigenvalue weighted by atomic mass is 10.0. The third-order valence-electron chi connectivity index (χ3n) is 3.16. The quantitative estimate of drug-likeness (QED) is 0.856. The van der Waals surface area contributed by atoms with E-state index in [-0.39, 0.29) is 18.6 Å². The molecule has 2 N–H and O–H groups in total. The van der Waals surface area contributed by atoms with Gasteiger partial charge in [0.15, 0.2) is 5.76 Å². The van der Waals surface area contributed by atoms with Gasteiger partial charge in [-0.2, -0.15) is 0 Å². The first-order chi connectivity index (χ1) is 10.1. The van der Waals surface area contributed by atoms with Gasteiger partial charge in [-0.1, -0.05) is 49.3 Å².